The number of halogens is 4. The summed E-state index contributed by atoms with van der Waals surface area (Å²) in [5.41, 5.74) is 0.693. The SMILES string of the molecule is Cc1cc(-c2ccc(-c3cc(C(F)(F)F)cc(Cl)n3)cc2)c(C#N)c(=O)[nH]1. The Morgan fingerprint density at radius 3 is 2.33 bits per heavy atom. The molecule has 0 unspecified atom stereocenters. The third-order valence-corrected chi connectivity index (χ3v) is 4.09. The number of alkyl halides is 3. The molecule has 0 spiro atoms. The van der Waals surface area contributed by atoms with Crippen LogP contribution < -0.4 is 5.56 Å². The van der Waals surface area contributed by atoms with Crippen molar-refractivity contribution in [1.82, 2.24) is 9.97 Å². The normalized spacial score (nSPS) is 11.3. The molecule has 0 saturated heterocycles. The van der Waals surface area contributed by atoms with Gasteiger partial charge in [0.1, 0.15) is 16.8 Å². The molecule has 3 aromatic rings. The first-order chi connectivity index (χ1) is 12.7. The van der Waals surface area contributed by atoms with Crippen LogP contribution in [0.3, 0.4) is 0 Å². The fourth-order valence-electron chi connectivity index (χ4n) is 2.66. The minimum absolute atomic E-state index is 0.0337. The van der Waals surface area contributed by atoms with Gasteiger partial charge in [-0.2, -0.15) is 18.4 Å². The van der Waals surface area contributed by atoms with E-state index in [1.807, 2.05) is 6.07 Å². The predicted octanol–water partition coefficient (Wildman–Crippen LogP) is 4.96. The van der Waals surface area contributed by atoms with E-state index in [-0.39, 0.29) is 16.4 Å². The number of hydrogen-bond acceptors (Lipinski definition) is 3. The number of hydrogen-bond donors (Lipinski definition) is 1. The maximum absolute atomic E-state index is 13.0. The van der Waals surface area contributed by atoms with Crippen LogP contribution in [0.2, 0.25) is 5.15 Å². The van der Waals surface area contributed by atoms with Crippen molar-refractivity contribution in [3.63, 3.8) is 0 Å². The van der Waals surface area contributed by atoms with Crippen LogP contribution in [0.5, 0.6) is 0 Å². The Hall–Kier alpha value is -3.11. The van der Waals surface area contributed by atoms with Crippen molar-refractivity contribution in [3.8, 4) is 28.5 Å². The van der Waals surface area contributed by atoms with Crippen LogP contribution >= 0.6 is 11.6 Å². The summed E-state index contributed by atoms with van der Waals surface area (Å²) in [6.07, 6.45) is -4.54. The van der Waals surface area contributed by atoms with Crippen molar-refractivity contribution < 1.29 is 13.2 Å². The highest BCUT2D eigenvalue weighted by Crippen LogP contribution is 2.33. The van der Waals surface area contributed by atoms with E-state index in [1.165, 1.54) is 0 Å². The smallest absolute Gasteiger partial charge is 0.325 e. The van der Waals surface area contributed by atoms with Crippen molar-refractivity contribution in [2.75, 3.05) is 0 Å². The highest BCUT2D eigenvalue weighted by molar-refractivity contribution is 6.29. The standard InChI is InChI=1S/C19H11ClF3N3O/c1-10-6-14(15(9-24)18(27)25-10)11-2-4-12(5-3-11)16-7-13(19(21,22)23)8-17(20)26-16/h2-8H,1H3,(H,25,27). The number of nitriles is 1. The van der Waals surface area contributed by atoms with Gasteiger partial charge in [-0.05, 0) is 30.7 Å². The molecular formula is C19H11ClF3N3O. The number of pyridine rings is 2. The van der Waals surface area contributed by atoms with Gasteiger partial charge in [0.25, 0.3) is 5.56 Å². The maximum atomic E-state index is 13.0. The van der Waals surface area contributed by atoms with Crippen molar-refractivity contribution in [1.29, 1.82) is 5.26 Å². The molecule has 27 heavy (non-hydrogen) atoms. The van der Waals surface area contributed by atoms with Crippen LogP contribution in [-0.4, -0.2) is 9.97 Å². The minimum atomic E-state index is -4.54. The van der Waals surface area contributed by atoms with E-state index in [9.17, 15) is 23.2 Å². The summed E-state index contributed by atoms with van der Waals surface area (Å²) in [5, 5.41) is 8.96. The van der Waals surface area contributed by atoms with Crippen LogP contribution in [0, 0.1) is 18.3 Å². The molecule has 4 nitrogen and oxygen atoms in total. The maximum Gasteiger partial charge on any atom is 0.416 e. The first-order valence-corrected chi connectivity index (χ1v) is 8.06. The second kappa shape index (κ2) is 6.89. The van der Waals surface area contributed by atoms with Crippen LogP contribution in [0.1, 0.15) is 16.8 Å². The van der Waals surface area contributed by atoms with Gasteiger partial charge in [-0.25, -0.2) is 4.98 Å². The zero-order valence-corrected chi connectivity index (χ0v) is 14.6. The number of benzene rings is 1. The molecule has 0 saturated carbocycles. The number of aromatic nitrogens is 2. The van der Waals surface area contributed by atoms with Crippen molar-refractivity contribution in [2.24, 2.45) is 0 Å². The van der Waals surface area contributed by atoms with E-state index in [0.29, 0.717) is 22.4 Å². The molecule has 0 aliphatic heterocycles. The van der Waals surface area contributed by atoms with E-state index >= 15 is 0 Å². The topological polar surface area (TPSA) is 69.5 Å². The molecule has 0 bridgehead atoms. The lowest BCUT2D eigenvalue weighted by molar-refractivity contribution is -0.137. The quantitative estimate of drug-likeness (QED) is 0.630. The average Bonchev–Trinajstić information content (AvgIpc) is 2.60. The van der Waals surface area contributed by atoms with Crippen LogP contribution in [0.25, 0.3) is 22.4 Å². The second-order valence-corrected chi connectivity index (χ2v) is 6.21. The molecule has 1 N–H and O–H groups in total. The lowest BCUT2D eigenvalue weighted by Crippen LogP contribution is -2.12. The summed E-state index contributed by atoms with van der Waals surface area (Å²) < 4.78 is 38.9. The van der Waals surface area contributed by atoms with Crippen molar-refractivity contribution >= 4 is 11.6 Å². The summed E-state index contributed by atoms with van der Waals surface area (Å²) in [4.78, 5) is 18.4. The third-order valence-electron chi connectivity index (χ3n) is 3.89. The van der Waals surface area contributed by atoms with E-state index in [1.54, 1.807) is 37.3 Å². The predicted molar refractivity (Wildman–Crippen MR) is 95.2 cm³/mol. The Bertz CT molecular complexity index is 1110. The monoisotopic (exact) mass is 389 g/mol. The minimum Gasteiger partial charge on any atom is -0.325 e. The molecule has 0 aliphatic carbocycles. The van der Waals surface area contributed by atoms with E-state index in [0.717, 1.165) is 12.1 Å². The Balaban J connectivity index is 2.07. The first kappa shape index (κ1) is 18.7. The Morgan fingerprint density at radius 1 is 1.11 bits per heavy atom. The van der Waals surface area contributed by atoms with Gasteiger partial charge < -0.3 is 4.98 Å². The molecule has 1 aromatic carbocycles. The van der Waals surface area contributed by atoms with Crippen LogP contribution in [0.4, 0.5) is 13.2 Å². The molecule has 8 heteroatoms. The second-order valence-electron chi connectivity index (χ2n) is 5.82. The van der Waals surface area contributed by atoms with Gasteiger partial charge in [-0.3, -0.25) is 4.79 Å². The molecule has 0 aliphatic rings. The number of nitrogens with zero attached hydrogens (tertiary/aromatic N) is 2. The summed E-state index contributed by atoms with van der Waals surface area (Å²) >= 11 is 5.72. The van der Waals surface area contributed by atoms with Gasteiger partial charge in [0.05, 0.1) is 11.3 Å². The molecule has 0 atom stereocenters. The van der Waals surface area contributed by atoms with E-state index in [4.69, 9.17) is 11.6 Å². The number of aromatic amines is 1. The fourth-order valence-corrected chi connectivity index (χ4v) is 2.86. The summed E-state index contributed by atoms with van der Waals surface area (Å²) in [5.74, 6) is 0. The lowest BCUT2D eigenvalue weighted by atomic mass is 9.99. The third kappa shape index (κ3) is 3.86. The zero-order chi connectivity index (χ0) is 19.8. The summed E-state index contributed by atoms with van der Waals surface area (Å²) in [6, 6.07) is 11.6. The van der Waals surface area contributed by atoms with Gasteiger partial charge in [-0.1, -0.05) is 35.9 Å². The van der Waals surface area contributed by atoms with Gasteiger partial charge in [0.15, 0.2) is 0 Å². The molecule has 0 fully saturated rings. The molecule has 0 radical (unpaired) electrons. The van der Waals surface area contributed by atoms with Gasteiger partial charge in [-0.15, -0.1) is 0 Å². The molecule has 2 heterocycles. The molecule has 2 aromatic heterocycles. The molecule has 3 rings (SSSR count). The lowest BCUT2D eigenvalue weighted by Gasteiger charge is -2.10. The largest absolute Gasteiger partial charge is 0.416 e. The molecule has 0 amide bonds. The van der Waals surface area contributed by atoms with Gasteiger partial charge in [0.2, 0.25) is 0 Å². The van der Waals surface area contributed by atoms with Crippen molar-refractivity contribution in [2.45, 2.75) is 13.1 Å². The van der Waals surface area contributed by atoms with Crippen molar-refractivity contribution in [3.05, 3.63) is 74.8 Å². The van der Waals surface area contributed by atoms with E-state index < -0.39 is 17.3 Å². The Kier molecular flexibility index (Phi) is 4.77. The average molecular weight is 390 g/mol. The molecular weight excluding hydrogens is 379 g/mol. The highest BCUT2D eigenvalue weighted by Gasteiger charge is 2.31. The highest BCUT2D eigenvalue weighted by atomic mass is 35.5. The van der Waals surface area contributed by atoms with Crippen LogP contribution in [-0.2, 0) is 6.18 Å². The number of aryl methyl sites for hydroxylation is 1. The number of nitrogens with one attached hydrogen (secondary N) is 1. The Morgan fingerprint density at radius 2 is 1.74 bits per heavy atom. The van der Waals surface area contributed by atoms with Gasteiger partial charge >= 0.3 is 6.18 Å². The van der Waals surface area contributed by atoms with Gasteiger partial charge in [0, 0.05) is 16.8 Å². The first-order valence-electron chi connectivity index (χ1n) is 7.68. The Labute approximate surface area is 156 Å². The van der Waals surface area contributed by atoms with E-state index in [2.05, 4.69) is 9.97 Å². The fraction of sp³-hybridized carbons (Fsp3) is 0.105. The van der Waals surface area contributed by atoms with Crippen LogP contribution in [0.15, 0.2) is 47.3 Å². The zero-order valence-electron chi connectivity index (χ0n) is 13.9. The number of H-pyrrole nitrogens is 1. The number of rotatable bonds is 2. The summed E-state index contributed by atoms with van der Waals surface area (Å²) in [6.45, 7) is 1.69. The molecule has 136 valence electrons. The summed E-state index contributed by atoms with van der Waals surface area (Å²) in [7, 11) is 0.